The quantitative estimate of drug-likeness (QED) is 0.508. The maximum absolute atomic E-state index is 10.4. The highest BCUT2D eigenvalue weighted by Crippen LogP contribution is 2.15. The van der Waals surface area contributed by atoms with Crippen LogP contribution >= 0.6 is 0 Å². The molecule has 4 heteroatoms. The Balaban J connectivity index is 4.15. The third-order valence-electron chi connectivity index (χ3n) is 2.50. The highest BCUT2D eigenvalue weighted by Gasteiger charge is 2.13. The Bertz CT molecular complexity index is 201. The van der Waals surface area contributed by atoms with E-state index in [0.29, 0.717) is 11.8 Å². The van der Waals surface area contributed by atoms with Crippen molar-refractivity contribution in [3.05, 3.63) is 0 Å². The van der Waals surface area contributed by atoms with Crippen molar-refractivity contribution in [2.75, 3.05) is 0 Å². The van der Waals surface area contributed by atoms with Gasteiger partial charge in [0, 0.05) is 5.71 Å². The number of nitrogens with zero attached hydrogens (tertiary/aromatic N) is 1. The molecule has 0 rings (SSSR count). The van der Waals surface area contributed by atoms with E-state index in [2.05, 4.69) is 31.3 Å². The van der Waals surface area contributed by atoms with Crippen molar-refractivity contribution in [3.8, 4) is 0 Å². The average Bonchev–Trinajstić information content (AvgIpc) is 2.11. The average molecular weight is 185 g/mol. The summed E-state index contributed by atoms with van der Waals surface area (Å²) in [5.41, 5.74) is 8.03. The molecule has 0 bridgehead atoms. The lowest BCUT2D eigenvalue weighted by Gasteiger charge is -2.17. The van der Waals surface area contributed by atoms with E-state index in [4.69, 9.17) is 5.73 Å². The van der Waals surface area contributed by atoms with E-state index >= 15 is 0 Å². The van der Waals surface area contributed by atoms with Gasteiger partial charge in [0.2, 0.25) is 0 Å². The number of carbonyl (C=O) groups is 1. The molecule has 76 valence electrons. The number of hydrogen-bond donors (Lipinski definition) is 2. The largest absolute Gasteiger partial charge is 0.350 e. The van der Waals surface area contributed by atoms with Crippen LogP contribution in [-0.2, 0) is 0 Å². The third-order valence-corrected chi connectivity index (χ3v) is 2.50. The summed E-state index contributed by atoms with van der Waals surface area (Å²) in [4.78, 5) is 10.4. The van der Waals surface area contributed by atoms with Gasteiger partial charge in [0.15, 0.2) is 0 Å². The van der Waals surface area contributed by atoms with Crippen molar-refractivity contribution in [1.82, 2.24) is 5.43 Å². The van der Waals surface area contributed by atoms with Gasteiger partial charge < -0.3 is 5.73 Å². The first-order valence-corrected chi connectivity index (χ1v) is 4.58. The van der Waals surface area contributed by atoms with Crippen LogP contribution in [0.4, 0.5) is 4.79 Å². The SMILES string of the molecule is CC[C@H](C)[C@@H](C)/C(C)=N/NC(N)=O. The molecule has 3 N–H and O–H groups in total. The minimum atomic E-state index is -0.615. The first kappa shape index (κ1) is 11.9. The Morgan fingerprint density at radius 3 is 2.46 bits per heavy atom. The summed E-state index contributed by atoms with van der Waals surface area (Å²) < 4.78 is 0. The lowest BCUT2D eigenvalue weighted by atomic mass is 9.90. The number of primary amides is 1. The van der Waals surface area contributed by atoms with Gasteiger partial charge in [-0.1, -0.05) is 27.2 Å². The predicted octanol–water partition coefficient (Wildman–Crippen LogP) is 1.71. The first-order valence-electron chi connectivity index (χ1n) is 4.58. The zero-order valence-electron chi connectivity index (χ0n) is 8.79. The number of carbonyl (C=O) groups excluding carboxylic acids is 1. The van der Waals surface area contributed by atoms with E-state index in [1.54, 1.807) is 0 Å². The molecule has 4 nitrogen and oxygen atoms in total. The van der Waals surface area contributed by atoms with Crippen LogP contribution in [0.2, 0.25) is 0 Å². The Hall–Kier alpha value is -1.06. The number of nitrogens with one attached hydrogen (secondary N) is 1. The standard InChI is InChI=1S/C9H19N3O/c1-5-6(2)7(3)8(4)11-12-9(10)13/h6-7H,5H2,1-4H3,(H3,10,12,13)/b11-8+/t6-,7+/m0/s1. The zero-order valence-corrected chi connectivity index (χ0v) is 8.79. The number of nitrogens with two attached hydrogens (primary N) is 1. The zero-order chi connectivity index (χ0) is 10.4. The molecule has 0 spiro atoms. The number of rotatable bonds is 4. The minimum absolute atomic E-state index is 0.372. The van der Waals surface area contributed by atoms with Crippen LogP contribution in [0.5, 0.6) is 0 Å². The van der Waals surface area contributed by atoms with Gasteiger partial charge in [0.05, 0.1) is 0 Å². The van der Waals surface area contributed by atoms with E-state index in [1.807, 2.05) is 6.92 Å². The minimum Gasteiger partial charge on any atom is -0.350 e. The van der Waals surface area contributed by atoms with Gasteiger partial charge in [-0.15, -0.1) is 0 Å². The second kappa shape index (κ2) is 5.56. The lowest BCUT2D eigenvalue weighted by molar-refractivity contribution is 0.249. The van der Waals surface area contributed by atoms with Gasteiger partial charge in [-0.2, -0.15) is 5.10 Å². The maximum Gasteiger partial charge on any atom is 0.332 e. The van der Waals surface area contributed by atoms with E-state index < -0.39 is 6.03 Å². The molecule has 0 aromatic heterocycles. The van der Waals surface area contributed by atoms with E-state index in [1.165, 1.54) is 0 Å². The fourth-order valence-electron chi connectivity index (χ4n) is 1.01. The third kappa shape index (κ3) is 4.50. The molecular formula is C9H19N3O. The molecule has 13 heavy (non-hydrogen) atoms. The molecule has 0 heterocycles. The molecule has 2 amide bonds. The van der Waals surface area contributed by atoms with Crippen molar-refractivity contribution < 1.29 is 4.79 Å². The van der Waals surface area contributed by atoms with Crippen LogP contribution < -0.4 is 11.2 Å². The molecule has 0 aliphatic carbocycles. The molecular weight excluding hydrogens is 166 g/mol. The summed E-state index contributed by atoms with van der Waals surface area (Å²) in [5, 5.41) is 3.88. The Morgan fingerprint density at radius 1 is 1.54 bits per heavy atom. The summed E-state index contributed by atoms with van der Waals surface area (Å²) in [6.07, 6.45) is 1.10. The van der Waals surface area contributed by atoms with Crippen LogP contribution in [0.1, 0.15) is 34.1 Å². The van der Waals surface area contributed by atoms with Crippen LogP contribution in [0.15, 0.2) is 5.10 Å². The second-order valence-corrected chi connectivity index (χ2v) is 3.40. The number of hydrazone groups is 1. The van der Waals surface area contributed by atoms with E-state index in [0.717, 1.165) is 12.1 Å². The highest BCUT2D eigenvalue weighted by molar-refractivity contribution is 5.85. The van der Waals surface area contributed by atoms with Crippen molar-refractivity contribution in [2.45, 2.75) is 34.1 Å². The van der Waals surface area contributed by atoms with E-state index in [9.17, 15) is 4.79 Å². The van der Waals surface area contributed by atoms with E-state index in [-0.39, 0.29) is 0 Å². The number of urea groups is 1. The normalized spacial score (nSPS) is 16.5. The summed E-state index contributed by atoms with van der Waals surface area (Å²) in [6.45, 7) is 8.28. The smallest absolute Gasteiger partial charge is 0.332 e. The van der Waals surface area contributed by atoms with Gasteiger partial charge in [0.1, 0.15) is 0 Å². The van der Waals surface area contributed by atoms with Crippen LogP contribution in [-0.4, -0.2) is 11.7 Å². The Morgan fingerprint density at radius 2 is 2.08 bits per heavy atom. The van der Waals surface area contributed by atoms with Gasteiger partial charge in [0.25, 0.3) is 0 Å². The number of hydrogen-bond acceptors (Lipinski definition) is 2. The predicted molar refractivity (Wildman–Crippen MR) is 54.4 cm³/mol. The Kier molecular flexibility index (Phi) is 5.11. The highest BCUT2D eigenvalue weighted by atomic mass is 16.2. The molecule has 0 aromatic rings. The van der Waals surface area contributed by atoms with Crippen LogP contribution in [0, 0.1) is 11.8 Å². The Labute approximate surface area is 79.6 Å². The second-order valence-electron chi connectivity index (χ2n) is 3.40. The topological polar surface area (TPSA) is 67.5 Å². The molecule has 0 aliphatic heterocycles. The number of amides is 2. The summed E-state index contributed by atoms with van der Waals surface area (Å²) in [7, 11) is 0. The van der Waals surface area contributed by atoms with Crippen molar-refractivity contribution in [3.63, 3.8) is 0 Å². The molecule has 0 aromatic carbocycles. The molecule has 0 radical (unpaired) electrons. The van der Waals surface area contributed by atoms with Crippen LogP contribution in [0.25, 0.3) is 0 Å². The van der Waals surface area contributed by atoms with Crippen molar-refractivity contribution >= 4 is 11.7 Å². The fourth-order valence-corrected chi connectivity index (χ4v) is 1.01. The van der Waals surface area contributed by atoms with Gasteiger partial charge in [-0.25, -0.2) is 10.2 Å². The molecule has 2 atom stereocenters. The molecule has 0 fully saturated rings. The van der Waals surface area contributed by atoms with Gasteiger partial charge in [-0.05, 0) is 18.8 Å². The molecule has 0 aliphatic rings. The summed E-state index contributed by atoms with van der Waals surface area (Å²) in [5.74, 6) is 0.940. The monoisotopic (exact) mass is 185 g/mol. The van der Waals surface area contributed by atoms with Crippen molar-refractivity contribution in [1.29, 1.82) is 0 Å². The lowest BCUT2D eigenvalue weighted by Crippen LogP contribution is -2.27. The molecule has 0 saturated heterocycles. The van der Waals surface area contributed by atoms with Crippen molar-refractivity contribution in [2.24, 2.45) is 22.7 Å². The fraction of sp³-hybridized carbons (Fsp3) is 0.778. The summed E-state index contributed by atoms with van der Waals surface area (Å²) >= 11 is 0. The van der Waals surface area contributed by atoms with Gasteiger partial charge >= 0.3 is 6.03 Å². The van der Waals surface area contributed by atoms with Gasteiger partial charge in [-0.3, -0.25) is 0 Å². The molecule has 0 unspecified atom stereocenters. The maximum atomic E-state index is 10.4. The summed E-state index contributed by atoms with van der Waals surface area (Å²) in [6, 6.07) is -0.615. The first-order chi connectivity index (χ1) is 5.99. The van der Waals surface area contributed by atoms with Crippen LogP contribution in [0.3, 0.4) is 0 Å². The molecule has 0 saturated carbocycles.